The summed E-state index contributed by atoms with van der Waals surface area (Å²) in [6.07, 6.45) is 4.47. The van der Waals surface area contributed by atoms with Crippen molar-refractivity contribution >= 4 is 11.9 Å². The van der Waals surface area contributed by atoms with E-state index >= 15 is 0 Å². The summed E-state index contributed by atoms with van der Waals surface area (Å²) in [5.41, 5.74) is 5.22. The summed E-state index contributed by atoms with van der Waals surface area (Å²) in [4.78, 5) is 26.8. The van der Waals surface area contributed by atoms with E-state index in [0.717, 1.165) is 0 Å². The predicted molar refractivity (Wildman–Crippen MR) is 54.3 cm³/mol. The van der Waals surface area contributed by atoms with Gasteiger partial charge >= 0.3 is 11.9 Å². The minimum absolute atomic E-state index is 0.418. The highest BCUT2D eigenvalue weighted by atomic mass is 16.4. The molecule has 0 fully saturated rings. The second kappa shape index (κ2) is 8.06. The number of aliphatic carboxylic acids is 2. The van der Waals surface area contributed by atoms with Crippen molar-refractivity contribution in [1.82, 2.24) is 9.97 Å². The topological polar surface area (TPSA) is 126 Å². The van der Waals surface area contributed by atoms with Gasteiger partial charge in [0.1, 0.15) is 5.82 Å². The van der Waals surface area contributed by atoms with Gasteiger partial charge in [0.2, 0.25) is 0 Å². The zero-order chi connectivity index (χ0) is 12.4. The molecule has 1 rings (SSSR count). The maximum Gasteiger partial charge on any atom is 0.328 e. The molecule has 0 aromatic carbocycles. The molecule has 0 aliphatic heterocycles. The Kier molecular flexibility index (Phi) is 6.91. The van der Waals surface area contributed by atoms with Crippen LogP contribution in [-0.4, -0.2) is 32.1 Å². The van der Waals surface area contributed by atoms with Gasteiger partial charge in [-0.15, -0.1) is 0 Å². The molecule has 1 aromatic heterocycles. The van der Waals surface area contributed by atoms with Crippen LogP contribution < -0.4 is 5.73 Å². The van der Waals surface area contributed by atoms with Crippen molar-refractivity contribution in [2.24, 2.45) is 5.73 Å². The molecule has 0 radical (unpaired) electrons. The zero-order valence-electron chi connectivity index (χ0n) is 8.28. The number of hydrogen-bond acceptors (Lipinski definition) is 5. The van der Waals surface area contributed by atoms with Crippen molar-refractivity contribution in [3.05, 3.63) is 36.4 Å². The van der Waals surface area contributed by atoms with Crippen LogP contribution in [-0.2, 0) is 16.1 Å². The molecule has 86 valence electrons. The quantitative estimate of drug-likeness (QED) is 0.600. The first-order valence-electron chi connectivity index (χ1n) is 4.16. The second-order valence-corrected chi connectivity index (χ2v) is 2.38. The maximum atomic E-state index is 9.55. The molecule has 0 saturated heterocycles. The van der Waals surface area contributed by atoms with E-state index in [-0.39, 0.29) is 0 Å². The van der Waals surface area contributed by atoms with E-state index in [2.05, 4.69) is 9.97 Å². The summed E-state index contributed by atoms with van der Waals surface area (Å²) in [5, 5.41) is 15.6. The van der Waals surface area contributed by atoms with E-state index in [1.54, 1.807) is 18.5 Å². The SMILES string of the molecule is NCc1ncccn1.O=C(O)/C=C/C(=O)O. The maximum absolute atomic E-state index is 9.55. The van der Waals surface area contributed by atoms with Crippen LogP contribution in [0.5, 0.6) is 0 Å². The van der Waals surface area contributed by atoms with Crippen molar-refractivity contribution in [3.8, 4) is 0 Å². The Morgan fingerprint density at radius 3 is 1.88 bits per heavy atom. The van der Waals surface area contributed by atoms with E-state index in [9.17, 15) is 9.59 Å². The van der Waals surface area contributed by atoms with Crippen molar-refractivity contribution in [3.63, 3.8) is 0 Å². The molecule has 0 unspecified atom stereocenters. The molecule has 0 bridgehead atoms. The predicted octanol–water partition coefficient (Wildman–Crippen LogP) is -0.353. The third-order valence-corrected chi connectivity index (χ3v) is 1.17. The van der Waals surface area contributed by atoms with Gasteiger partial charge in [-0.25, -0.2) is 19.6 Å². The summed E-state index contributed by atoms with van der Waals surface area (Å²) in [6.45, 7) is 0.418. The molecule has 7 heteroatoms. The van der Waals surface area contributed by atoms with Crippen molar-refractivity contribution in [1.29, 1.82) is 0 Å². The van der Waals surface area contributed by atoms with Gasteiger partial charge < -0.3 is 15.9 Å². The van der Waals surface area contributed by atoms with E-state index in [1.807, 2.05) is 0 Å². The summed E-state index contributed by atoms with van der Waals surface area (Å²) >= 11 is 0. The third kappa shape index (κ3) is 8.32. The normalized spacial score (nSPS) is 9.31. The number of nitrogens with zero attached hydrogens (tertiary/aromatic N) is 2. The summed E-state index contributed by atoms with van der Waals surface area (Å²) in [7, 11) is 0. The lowest BCUT2D eigenvalue weighted by molar-refractivity contribution is -0.134. The molecule has 1 aromatic rings. The minimum atomic E-state index is -1.26. The Morgan fingerprint density at radius 2 is 1.62 bits per heavy atom. The van der Waals surface area contributed by atoms with Crippen LogP contribution in [0.4, 0.5) is 0 Å². The number of aromatic nitrogens is 2. The number of carbonyl (C=O) groups is 2. The van der Waals surface area contributed by atoms with Gasteiger partial charge in [-0.1, -0.05) is 0 Å². The van der Waals surface area contributed by atoms with Crippen molar-refractivity contribution < 1.29 is 19.8 Å². The van der Waals surface area contributed by atoms with Crippen molar-refractivity contribution in [2.75, 3.05) is 0 Å². The Bertz CT molecular complexity index is 348. The number of nitrogens with two attached hydrogens (primary N) is 1. The van der Waals surface area contributed by atoms with Crippen molar-refractivity contribution in [2.45, 2.75) is 6.54 Å². The Balaban J connectivity index is 0.000000281. The zero-order valence-corrected chi connectivity index (χ0v) is 8.28. The fraction of sp³-hybridized carbons (Fsp3) is 0.111. The molecule has 0 spiro atoms. The minimum Gasteiger partial charge on any atom is -0.478 e. The van der Waals surface area contributed by atoms with E-state index < -0.39 is 11.9 Å². The first-order valence-corrected chi connectivity index (χ1v) is 4.16. The number of carboxylic acid groups (broad SMARTS) is 2. The van der Waals surface area contributed by atoms with Crippen LogP contribution >= 0.6 is 0 Å². The van der Waals surface area contributed by atoms with Gasteiger partial charge in [-0.3, -0.25) is 0 Å². The average molecular weight is 225 g/mol. The van der Waals surface area contributed by atoms with E-state index in [0.29, 0.717) is 24.5 Å². The lowest BCUT2D eigenvalue weighted by Gasteiger charge is -1.88. The molecule has 16 heavy (non-hydrogen) atoms. The fourth-order valence-corrected chi connectivity index (χ4v) is 0.578. The van der Waals surface area contributed by atoms with Crippen LogP contribution in [0.2, 0.25) is 0 Å². The molecule has 0 atom stereocenters. The van der Waals surface area contributed by atoms with E-state index in [4.69, 9.17) is 15.9 Å². The average Bonchev–Trinajstić information content (AvgIpc) is 2.28. The molecular formula is C9H11N3O4. The summed E-state index contributed by atoms with van der Waals surface area (Å²) in [6, 6.07) is 1.76. The highest BCUT2D eigenvalue weighted by Crippen LogP contribution is 1.81. The van der Waals surface area contributed by atoms with Crippen LogP contribution in [0, 0.1) is 0 Å². The molecule has 1 heterocycles. The lowest BCUT2D eigenvalue weighted by atomic mass is 10.5. The number of hydrogen-bond donors (Lipinski definition) is 3. The number of rotatable bonds is 3. The van der Waals surface area contributed by atoms with Gasteiger partial charge in [0.05, 0.1) is 6.54 Å². The van der Waals surface area contributed by atoms with Crippen LogP contribution in [0.3, 0.4) is 0 Å². The van der Waals surface area contributed by atoms with E-state index in [1.165, 1.54) is 0 Å². The highest BCUT2D eigenvalue weighted by Gasteiger charge is 1.88. The van der Waals surface area contributed by atoms with Crippen LogP contribution in [0.25, 0.3) is 0 Å². The highest BCUT2D eigenvalue weighted by molar-refractivity contribution is 5.89. The molecule has 4 N–H and O–H groups in total. The molecule has 0 saturated carbocycles. The van der Waals surface area contributed by atoms with Gasteiger partial charge in [0.25, 0.3) is 0 Å². The monoisotopic (exact) mass is 225 g/mol. The molecule has 0 amide bonds. The standard InChI is InChI=1S/C5H7N3.C4H4O4/c6-4-5-7-2-1-3-8-5;5-3(6)1-2-4(7)8/h1-3H,4,6H2;1-2H,(H,5,6)(H,7,8)/b;2-1+. The third-order valence-electron chi connectivity index (χ3n) is 1.17. The molecule has 0 aliphatic rings. The van der Waals surface area contributed by atoms with Crippen LogP contribution in [0.1, 0.15) is 5.82 Å². The first-order chi connectivity index (χ1) is 7.56. The Morgan fingerprint density at radius 1 is 1.19 bits per heavy atom. The second-order valence-electron chi connectivity index (χ2n) is 2.38. The largest absolute Gasteiger partial charge is 0.478 e. The van der Waals surface area contributed by atoms with Gasteiger partial charge in [-0.2, -0.15) is 0 Å². The lowest BCUT2D eigenvalue weighted by Crippen LogP contribution is -2.00. The van der Waals surface area contributed by atoms with Gasteiger partial charge in [0.15, 0.2) is 0 Å². The Labute approximate surface area is 91.3 Å². The first kappa shape index (κ1) is 13.7. The molecule has 7 nitrogen and oxygen atoms in total. The summed E-state index contributed by atoms with van der Waals surface area (Å²) < 4.78 is 0. The molecular weight excluding hydrogens is 214 g/mol. The van der Waals surface area contributed by atoms with Gasteiger partial charge in [-0.05, 0) is 6.07 Å². The molecule has 0 aliphatic carbocycles. The fourth-order valence-electron chi connectivity index (χ4n) is 0.578. The van der Waals surface area contributed by atoms with Crippen LogP contribution in [0.15, 0.2) is 30.6 Å². The van der Waals surface area contributed by atoms with Gasteiger partial charge in [0, 0.05) is 24.5 Å². The number of carboxylic acids is 2. The Hall–Kier alpha value is -2.28. The smallest absolute Gasteiger partial charge is 0.328 e. The summed E-state index contributed by atoms with van der Waals surface area (Å²) in [5.74, 6) is -1.83.